The Morgan fingerprint density at radius 1 is 0.780 bits per heavy atom. The van der Waals surface area contributed by atoms with Gasteiger partial charge in [-0.2, -0.15) is 4.98 Å². The molecule has 0 unspecified atom stereocenters. The van der Waals surface area contributed by atoms with Crippen LogP contribution < -0.4 is 58.3 Å². The number of nitrogen functional groups attached to an aromatic ring is 1. The van der Waals surface area contributed by atoms with Crippen LogP contribution in [-0.4, -0.2) is 88.5 Å². The van der Waals surface area contributed by atoms with Crippen molar-refractivity contribution in [2.45, 2.75) is 56.7 Å². The SMILES string of the molecule is Nc1nc2c(c(=O)[nH]1)N=C(CNc1ccc(C(=O)N[C@@H](CCC(=O)N[C@@H](CCC(=O)N[C@@H](CCC(=O)[O-])C(=O)[O-])C(=O)[O-])C(=O)[O-])cc1)CN2. The van der Waals surface area contributed by atoms with Gasteiger partial charge in [-0.25, -0.2) is 4.99 Å². The molecule has 3 rings (SSSR count). The second-order valence-corrected chi connectivity index (χ2v) is 10.8. The van der Waals surface area contributed by atoms with Crippen molar-refractivity contribution in [3.8, 4) is 0 Å². The molecule has 3 atom stereocenters. The number of carboxylic acid groups (broad SMARTS) is 4. The summed E-state index contributed by atoms with van der Waals surface area (Å²) in [5, 5.41) is 57.1. The Kier molecular flexibility index (Phi) is 13.3. The minimum absolute atomic E-state index is 0.0525. The van der Waals surface area contributed by atoms with Crippen molar-refractivity contribution in [1.82, 2.24) is 25.9 Å². The van der Waals surface area contributed by atoms with Crippen LogP contribution in [-0.2, 0) is 28.8 Å². The molecule has 3 amide bonds. The van der Waals surface area contributed by atoms with Crippen LogP contribution in [0.3, 0.4) is 0 Å². The van der Waals surface area contributed by atoms with Gasteiger partial charge in [-0.15, -0.1) is 0 Å². The molecule has 0 radical (unpaired) electrons. The summed E-state index contributed by atoms with van der Waals surface area (Å²) in [6, 6.07) is 0.763. The predicted octanol–water partition coefficient (Wildman–Crippen LogP) is -6.63. The number of nitrogens with two attached hydrogens (primary N) is 1. The van der Waals surface area contributed by atoms with Crippen LogP contribution in [0.2, 0.25) is 0 Å². The number of fused-ring (bicyclic) bond motifs is 1. The van der Waals surface area contributed by atoms with Crippen molar-refractivity contribution in [3.63, 3.8) is 0 Å². The van der Waals surface area contributed by atoms with Crippen molar-refractivity contribution >= 4 is 70.5 Å². The quantitative estimate of drug-likeness (QED) is 0.0717. The van der Waals surface area contributed by atoms with Gasteiger partial charge in [0.25, 0.3) is 11.5 Å². The molecule has 1 aromatic heterocycles. The second-order valence-electron chi connectivity index (χ2n) is 10.8. The van der Waals surface area contributed by atoms with E-state index >= 15 is 0 Å². The highest BCUT2D eigenvalue weighted by Crippen LogP contribution is 2.21. The number of carboxylic acids is 4. The number of aromatic amines is 1. The van der Waals surface area contributed by atoms with Crippen LogP contribution in [0.4, 0.5) is 23.1 Å². The number of carbonyl (C=O) groups excluding carboxylic acids is 7. The molecule has 0 bridgehead atoms. The van der Waals surface area contributed by atoms with Crippen LogP contribution in [0, 0.1) is 0 Å². The molecule has 1 aliphatic rings. The Morgan fingerprint density at radius 2 is 1.30 bits per heavy atom. The molecule has 0 spiro atoms. The number of amides is 3. The first kappa shape index (κ1) is 37.9. The Morgan fingerprint density at radius 3 is 1.82 bits per heavy atom. The molecule has 0 saturated carbocycles. The highest BCUT2D eigenvalue weighted by Gasteiger charge is 2.21. The number of H-pyrrole nitrogens is 1. The summed E-state index contributed by atoms with van der Waals surface area (Å²) in [6.45, 7) is 0.505. The summed E-state index contributed by atoms with van der Waals surface area (Å²) in [5.41, 5.74) is 6.28. The standard InChI is InChI=1S/C29H35N9O12/c30-29-37-23-22(25(44)38-29)33-15(12-32-23)11-31-14-3-1-13(2-4-14)24(43)36-18(28(49)50)6-9-20(40)34-16(26(45)46)5-8-19(39)35-17(27(47)48)7-10-21(41)42/h1-4,16-18,31H,5-12H2,(H,34,40)(H,35,39)(H,36,43)(H,41,42)(H,45,46)(H,47,48)(H,49,50)(H4,30,32,37,38,44)/p-4/t16-,17-,18-/m0/s1. The summed E-state index contributed by atoms with van der Waals surface area (Å²) in [7, 11) is 0. The van der Waals surface area contributed by atoms with Gasteiger partial charge in [0.1, 0.15) is 0 Å². The van der Waals surface area contributed by atoms with Crippen molar-refractivity contribution < 1.29 is 54.0 Å². The van der Waals surface area contributed by atoms with E-state index in [2.05, 4.69) is 36.2 Å². The largest absolute Gasteiger partial charge is 0.550 e. The van der Waals surface area contributed by atoms with Gasteiger partial charge in [-0.1, -0.05) is 0 Å². The molecular weight excluding hydrogens is 666 g/mol. The average Bonchev–Trinajstić information content (AvgIpc) is 3.05. The number of aliphatic carboxylic acids is 4. The molecule has 2 heterocycles. The molecule has 50 heavy (non-hydrogen) atoms. The zero-order valence-electron chi connectivity index (χ0n) is 26.1. The summed E-state index contributed by atoms with van der Waals surface area (Å²) in [6.07, 6.45) is -3.50. The van der Waals surface area contributed by atoms with Crippen LogP contribution >= 0.6 is 0 Å². The van der Waals surface area contributed by atoms with Gasteiger partial charge in [0.15, 0.2) is 11.5 Å². The van der Waals surface area contributed by atoms with E-state index in [9.17, 15) is 58.8 Å². The fraction of sp³-hybridized carbons (Fsp3) is 0.379. The lowest BCUT2D eigenvalue weighted by molar-refractivity contribution is -0.311. The van der Waals surface area contributed by atoms with Gasteiger partial charge in [-0.3, -0.25) is 24.2 Å². The van der Waals surface area contributed by atoms with Crippen molar-refractivity contribution in [3.05, 3.63) is 40.2 Å². The molecule has 1 aliphatic heterocycles. The second kappa shape index (κ2) is 17.6. The van der Waals surface area contributed by atoms with Gasteiger partial charge in [0.05, 0.1) is 54.8 Å². The van der Waals surface area contributed by atoms with Crippen molar-refractivity contribution in [1.29, 1.82) is 0 Å². The zero-order chi connectivity index (χ0) is 37.0. The number of benzene rings is 1. The maximum atomic E-state index is 12.7. The number of hydrogen-bond donors (Lipinski definition) is 7. The Hall–Kier alpha value is -6.54. The van der Waals surface area contributed by atoms with Crippen molar-refractivity contribution in [2.24, 2.45) is 4.99 Å². The Labute approximate surface area is 281 Å². The van der Waals surface area contributed by atoms with Crippen molar-refractivity contribution in [2.75, 3.05) is 29.5 Å². The molecular formula is C29H31N9O12-4. The van der Waals surface area contributed by atoms with E-state index in [0.29, 0.717) is 11.4 Å². The molecule has 2 aromatic rings. The number of nitrogens with zero attached hydrogens (tertiary/aromatic N) is 2. The lowest BCUT2D eigenvalue weighted by Crippen LogP contribution is -2.51. The Balaban J connectivity index is 1.48. The fourth-order valence-corrected chi connectivity index (χ4v) is 4.47. The molecule has 8 N–H and O–H groups in total. The van der Waals surface area contributed by atoms with E-state index in [4.69, 9.17) is 5.73 Å². The number of carbonyl (C=O) groups is 7. The number of nitrogens with one attached hydrogen (secondary N) is 6. The first-order valence-electron chi connectivity index (χ1n) is 14.9. The highest BCUT2D eigenvalue weighted by atomic mass is 16.4. The maximum absolute atomic E-state index is 12.7. The number of hydrogen-bond acceptors (Lipinski definition) is 17. The smallest absolute Gasteiger partial charge is 0.280 e. The van der Waals surface area contributed by atoms with E-state index in [1.807, 2.05) is 5.32 Å². The van der Waals surface area contributed by atoms with Gasteiger partial charge < -0.3 is 71.9 Å². The minimum atomic E-state index is -1.80. The monoisotopic (exact) mass is 697 g/mol. The molecule has 1 aromatic carbocycles. The molecule has 21 nitrogen and oxygen atoms in total. The molecule has 21 heteroatoms. The van der Waals surface area contributed by atoms with E-state index in [-0.39, 0.29) is 36.1 Å². The molecule has 0 fully saturated rings. The lowest BCUT2D eigenvalue weighted by atomic mass is 10.1. The third-order valence-electron chi connectivity index (χ3n) is 7.07. The first-order valence-corrected chi connectivity index (χ1v) is 14.9. The minimum Gasteiger partial charge on any atom is -0.550 e. The third-order valence-corrected chi connectivity index (χ3v) is 7.07. The number of aromatic nitrogens is 2. The van der Waals surface area contributed by atoms with Gasteiger partial charge in [0, 0.05) is 30.1 Å². The van der Waals surface area contributed by atoms with Gasteiger partial charge in [-0.05, 0) is 49.9 Å². The fourth-order valence-electron chi connectivity index (χ4n) is 4.47. The van der Waals surface area contributed by atoms with Crippen LogP contribution in [0.15, 0.2) is 34.1 Å². The number of anilines is 3. The van der Waals surface area contributed by atoms with E-state index < -0.39 is 104 Å². The summed E-state index contributed by atoms with van der Waals surface area (Å²) in [4.78, 5) is 105. The first-order chi connectivity index (χ1) is 23.6. The van der Waals surface area contributed by atoms with E-state index in [1.54, 1.807) is 0 Å². The zero-order valence-corrected chi connectivity index (χ0v) is 26.1. The van der Waals surface area contributed by atoms with Crippen LogP contribution in [0.1, 0.15) is 48.9 Å². The van der Waals surface area contributed by atoms with Gasteiger partial charge >= 0.3 is 0 Å². The summed E-state index contributed by atoms with van der Waals surface area (Å²) >= 11 is 0. The molecule has 0 saturated heterocycles. The van der Waals surface area contributed by atoms with Crippen LogP contribution in [0.5, 0.6) is 0 Å². The van der Waals surface area contributed by atoms with E-state index in [1.165, 1.54) is 24.3 Å². The number of rotatable bonds is 19. The van der Waals surface area contributed by atoms with Gasteiger partial charge in [0.2, 0.25) is 17.8 Å². The summed E-state index contributed by atoms with van der Waals surface area (Å²) < 4.78 is 0. The predicted molar refractivity (Wildman–Crippen MR) is 163 cm³/mol. The third kappa shape index (κ3) is 11.6. The Bertz CT molecular complexity index is 1720. The highest BCUT2D eigenvalue weighted by molar-refractivity contribution is 5.98. The summed E-state index contributed by atoms with van der Waals surface area (Å²) in [5.74, 6) is -9.42. The maximum Gasteiger partial charge on any atom is 0.280 e. The average molecular weight is 698 g/mol. The topological polar surface area (TPSA) is 356 Å². The lowest BCUT2D eigenvalue weighted by Gasteiger charge is -2.23. The molecule has 268 valence electrons. The van der Waals surface area contributed by atoms with E-state index in [0.717, 1.165) is 0 Å². The number of aliphatic imine (C=N–C) groups is 1. The van der Waals surface area contributed by atoms with Crippen LogP contribution in [0.25, 0.3) is 0 Å². The normalized spacial score (nSPS) is 13.6. The molecule has 0 aliphatic carbocycles.